The second kappa shape index (κ2) is 5.67. The lowest BCUT2D eigenvalue weighted by Gasteiger charge is -2.24. The van der Waals surface area contributed by atoms with Crippen molar-refractivity contribution in [2.24, 2.45) is 11.8 Å². The third-order valence-corrected chi connectivity index (χ3v) is 2.67. The van der Waals surface area contributed by atoms with Crippen LogP contribution >= 0.6 is 0 Å². The minimum atomic E-state index is 0.181. The lowest BCUT2D eigenvalue weighted by Crippen LogP contribution is -2.33. The summed E-state index contributed by atoms with van der Waals surface area (Å²) in [7, 11) is 0. The molecule has 0 aliphatic rings. The molecule has 78 valence electrons. The minimum absolute atomic E-state index is 0.181. The molecule has 0 amide bonds. The van der Waals surface area contributed by atoms with Gasteiger partial charge in [0, 0.05) is 6.20 Å². The first-order chi connectivity index (χ1) is 6.83. The largest absolute Gasteiger partial charge is 0.271 e. The molecule has 1 heterocycles. The van der Waals surface area contributed by atoms with E-state index < -0.39 is 0 Å². The first-order valence-corrected chi connectivity index (χ1v) is 5.06. The fraction of sp³-hybridized carbons (Fsp3) is 0.600. The quantitative estimate of drug-likeness (QED) is 0.549. The highest BCUT2D eigenvalue weighted by molar-refractivity contribution is 5.12. The van der Waals surface area contributed by atoms with Crippen molar-refractivity contribution in [1.82, 2.24) is 15.6 Å². The number of hydrazine groups is 1. The molecule has 0 radical (unpaired) electrons. The molecular formula is C10H18N4. The average molecular weight is 194 g/mol. The Morgan fingerprint density at radius 3 is 2.50 bits per heavy atom. The van der Waals surface area contributed by atoms with E-state index in [-0.39, 0.29) is 6.04 Å². The third-order valence-electron chi connectivity index (χ3n) is 2.67. The number of nitrogens with zero attached hydrogens (tertiary/aromatic N) is 2. The van der Waals surface area contributed by atoms with Crippen molar-refractivity contribution in [2.45, 2.75) is 32.7 Å². The fourth-order valence-corrected chi connectivity index (χ4v) is 1.75. The minimum Gasteiger partial charge on any atom is -0.271 e. The van der Waals surface area contributed by atoms with Gasteiger partial charge in [-0.25, -0.2) is 0 Å². The van der Waals surface area contributed by atoms with Crippen molar-refractivity contribution in [2.75, 3.05) is 0 Å². The molecule has 4 heteroatoms. The van der Waals surface area contributed by atoms with Gasteiger partial charge in [0.2, 0.25) is 0 Å². The van der Waals surface area contributed by atoms with E-state index in [1.54, 1.807) is 12.4 Å². The predicted octanol–water partition coefficient (Wildman–Crippen LogP) is 1.42. The van der Waals surface area contributed by atoms with Crippen LogP contribution in [0.1, 0.15) is 38.3 Å². The van der Waals surface area contributed by atoms with Gasteiger partial charge in [-0.2, -0.15) is 10.2 Å². The molecule has 0 bridgehead atoms. The third kappa shape index (κ3) is 2.49. The van der Waals surface area contributed by atoms with Crippen LogP contribution in [0.4, 0.5) is 0 Å². The zero-order valence-corrected chi connectivity index (χ0v) is 8.77. The van der Waals surface area contributed by atoms with E-state index in [0.29, 0.717) is 5.92 Å². The van der Waals surface area contributed by atoms with Crippen LogP contribution in [0, 0.1) is 5.92 Å². The molecule has 0 saturated carbocycles. The Morgan fingerprint density at radius 2 is 2.07 bits per heavy atom. The Bertz CT molecular complexity index is 246. The van der Waals surface area contributed by atoms with Crippen LogP contribution in [-0.4, -0.2) is 10.2 Å². The molecule has 0 aliphatic heterocycles. The summed E-state index contributed by atoms with van der Waals surface area (Å²) in [4.78, 5) is 0. The number of aromatic nitrogens is 2. The topological polar surface area (TPSA) is 63.8 Å². The summed E-state index contributed by atoms with van der Waals surface area (Å²) < 4.78 is 0. The van der Waals surface area contributed by atoms with Crippen LogP contribution in [0.3, 0.4) is 0 Å². The molecule has 1 aromatic heterocycles. The van der Waals surface area contributed by atoms with Gasteiger partial charge in [-0.15, -0.1) is 0 Å². The lowest BCUT2D eigenvalue weighted by molar-refractivity contribution is 0.344. The van der Waals surface area contributed by atoms with Gasteiger partial charge in [0.05, 0.1) is 12.2 Å². The van der Waals surface area contributed by atoms with Crippen LogP contribution in [-0.2, 0) is 0 Å². The monoisotopic (exact) mass is 194 g/mol. The molecule has 1 aromatic rings. The molecule has 4 nitrogen and oxygen atoms in total. The predicted molar refractivity (Wildman–Crippen MR) is 56.2 cm³/mol. The molecule has 1 rings (SSSR count). The average Bonchev–Trinajstić information content (AvgIpc) is 2.27. The second-order valence-corrected chi connectivity index (χ2v) is 3.40. The molecule has 0 saturated heterocycles. The van der Waals surface area contributed by atoms with E-state index in [1.807, 2.05) is 6.07 Å². The van der Waals surface area contributed by atoms with Crippen molar-refractivity contribution in [3.8, 4) is 0 Å². The standard InChI is InChI=1S/C10H18N4/c1-3-8(4-2)10(14-11)9-5-6-12-13-7-9/h5-8,10,14H,3-4,11H2,1-2H3. The first kappa shape index (κ1) is 11.1. The Balaban J connectivity index is 2.81. The van der Waals surface area contributed by atoms with Gasteiger partial charge >= 0.3 is 0 Å². The van der Waals surface area contributed by atoms with E-state index in [4.69, 9.17) is 5.84 Å². The van der Waals surface area contributed by atoms with Crippen molar-refractivity contribution < 1.29 is 0 Å². The summed E-state index contributed by atoms with van der Waals surface area (Å²) in [5.74, 6) is 6.10. The van der Waals surface area contributed by atoms with Crippen molar-refractivity contribution in [3.05, 3.63) is 24.0 Å². The number of nitrogens with two attached hydrogens (primary N) is 1. The van der Waals surface area contributed by atoms with E-state index >= 15 is 0 Å². The number of hydrogen-bond acceptors (Lipinski definition) is 4. The molecule has 0 aliphatic carbocycles. The fourth-order valence-electron chi connectivity index (χ4n) is 1.75. The first-order valence-electron chi connectivity index (χ1n) is 5.06. The van der Waals surface area contributed by atoms with Crippen LogP contribution in [0.2, 0.25) is 0 Å². The molecule has 0 aromatic carbocycles. The van der Waals surface area contributed by atoms with Crippen LogP contribution < -0.4 is 11.3 Å². The van der Waals surface area contributed by atoms with Crippen LogP contribution in [0.5, 0.6) is 0 Å². The molecular weight excluding hydrogens is 176 g/mol. The van der Waals surface area contributed by atoms with E-state index in [0.717, 1.165) is 18.4 Å². The Kier molecular flexibility index (Phi) is 4.49. The van der Waals surface area contributed by atoms with Gasteiger partial charge in [-0.05, 0) is 17.5 Å². The molecule has 1 atom stereocenters. The maximum Gasteiger partial charge on any atom is 0.0544 e. The Labute approximate surface area is 84.9 Å². The van der Waals surface area contributed by atoms with E-state index in [1.165, 1.54) is 0 Å². The normalized spacial score (nSPS) is 13.1. The molecule has 0 fully saturated rings. The number of nitrogens with one attached hydrogen (secondary N) is 1. The maximum atomic E-state index is 5.56. The number of hydrogen-bond donors (Lipinski definition) is 2. The summed E-state index contributed by atoms with van der Waals surface area (Å²) in [5, 5.41) is 7.61. The number of rotatable bonds is 5. The highest BCUT2D eigenvalue weighted by Crippen LogP contribution is 2.25. The van der Waals surface area contributed by atoms with Crippen LogP contribution in [0.25, 0.3) is 0 Å². The second-order valence-electron chi connectivity index (χ2n) is 3.40. The van der Waals surface area contributed by atoms with Gasteiger partial charge in [-0.1, -0.05) is 26.7 Å². The lowest BCUT2D eigenvalue weighted by atomic mass is 9.90. The van der Waals surface area contributed by atoms with Gasteiger partial charge in [-0.3, -0.25) is 11.3 Å². The highest BCUT2D eigenvalue weighted by Gasteiger charge is 2.18. The molecule has 14 heavy (non-hydrogen) atoms. The SMILES string of the molecule is CCC(CC)C(NN)c1ccnnc1. The van der Waals surface area contributed by atoms with Gasteiger partial charge in [0.15, 0.2) is 0 Å². The van der Waals surface area contributed by atoms with Crippen molar-refractivity contribution in [1.29, 1.82) is 0 Å². The van der Waals surface area contributed by atoms with Crippen molar-refractivity contribution in [3.63, 3.8) is 0 Å². The smallest absolute Gasteiger partial charge is 0.0544 e. The zero-order valence-electron chi connectivity index (χ0n) is 8.77. The Morgan fingerprint density at radius 1 is 1.36 bits per heavy atom. The maximum absolute atomic E-state index is 5.56. The van der Waals surface area contributed by atoms with E-state index in [2.05, 4.69) is 29.5 Å². The highest BCUT2D eigenvalue weighted by atomic mass is 15.2. The van der Waals surface area contributed by atoms with E-state index in [9.17, 15) is 0 Å². The van der Waals surface area contributed by atoms with Gasteiger partial charge in [0.1, 0.15) is 0 Å². The summed E-state index contributed by atoms with van der Waals surface area (Å²) in [5.41, 5.74) is 3.96. The molecule has 1 unspecified atom stereocenters. The van der Waals surface area contributed by atoms with Gasteiger partial charge < -0.3 is 0 Å². The molecule has 0 spiro atoms. The van der Waals surface area contributed by atoms with Crippen LogP contribution in [0.15, 0.2) is 18.5 Å². The summed E-state index contributed by atoms with van der Waals surface area (Å²) in [6.45, 7) is 4.35. The summed E-state index contributed by atoms with van der Waals surface area (Å²) in [6.07, 6.45) is 5.67. The van der Waals surface area contributed by atoms with Gasteiger partial charge in [0.25, 0.3) is 0 Å². The summed E-state index contributed by atoms with van der Waals surface area (Å²) in [6, 6.07) is 2.14. The Hall–Kier alpha value is -1.00. The molecule has 3 N–H and O–H groups in total. The summed E-state index contributed by atoms with van der Waals surface area (Å²) >= 11 is 0. The van der Waals surface area contributed by atoms with Crippen molar-refractivity contribution >= 4 is 0 Å². The zero-order chi connectivity index (χ0) is 10.4.